The number of carbonyl (C=O) groups excluding carboxylic acids is 2. The number of hydrogen-bond donors (Lipinski definition) is 2. The zero-order valence-electron chi connectivity index (χ0n) is 20.2. The van der Waals surface area contributed by atoms with Crippen LogP contribution in [0.25, 0.3) is 6.08 Å². The fraction of sp³-hybridized carbons (Fsp3) is 0.148. The third-order valence-corrected chi connectivity index (χ3v) is 6.08. The maximum absolute atomic E-state index is 12.6. The molecule has 8 nitrogen and oxygen atoms in total. The number of amides is 2. The Morgan fingerprint density at radius 1 is 1.03 bits per heavy atom. The first-order valence-corrected chi connectivity index (χ1v) is 12.0. The molecule has 37 heavy (non-hydrogen) atoms. The van der Waals surface area contributed by atoms with Gasteiger partial charge in [-0.15, -0.1) is 0 Å². The molecule has 2 N–H and O–H groups in total. The maximum atomic E-state index is 12.6. The van der Waals surface area contributed by atoms with Crippen LogP contribution in [0.2, 0.25) is 5.02 Å². The first-order valence-electron chi connectivity index (χ1n) is 10.9. The van der Waals surface area contributed by atoms with Crippen molar-refractivity contribution in [3.05, 3.63) is 80.8 Å². The Labute approximate surface area is 227 Å². The SMILES string of the molecule is COc1ccc(NC(=O)/C(C#N)=C\c2cc(Br)c(OCC(=O)Nc3ccc(C)c(Cl)c3)c(OC)c2)cc1. The van der Waals surface area contributed by atoms with Crippen LogP contribution >= 0.6 is 27.5 Å². The number of ether oxygens (including phenoxy) is 3. The predicted molar refractivity (Wildman–Crippen MR) is 146 cm³/mol. The summed E-state index contributed by atoms with van der Waals surface area (Å²) < 4.78 is 16.7. The standard InChI is InChI=1S/C27H23BrClN3O5/c1-16-4-5-20(13-23(16)29)31-25(33)15-37-26-22(28)11-17(12-24(26)36-3)10-18(14-30)27(34)32-19-6-8-21(35-2)9-7-19/h4-13H,15H2,1-3H3,(H,31,33)(H,32,34)/b18-10-. The molecule has 0 spiro atoms. The molecule has 0 unspecified atom stereocenters. The minimum absolute atomic E-state index is 0.116. The van der Waals surface area contributed by atoms with Gasteiger partial charge in [-0.3, -0.25) is 9.59 Å². The molecule has 0 aromatic heterocycles. The van der Waals surface area contributed by atoms with Gasteiger partial charge >= 0.3 is 0 Å². The highest BCUT2D eigenvalue weighted by Gasteiger charge is 2.16. The van der Waals surface area contributed by atoms with Crippen LogP contribution in [0.15, 0.2) is 64.6 Å². The van der Waals surface area contributed by atoms with E-state index < -0.39 is 5.91 Å². The van der Waals surface area contributed by atoms with E-state index in [2.05, 4.69) is 26.6 Å². The van der Waals surface area contributed by atoms with Crippen molar-refractivity contribution in [2.75, 3.05) is 31.5 Å². The summed E-state index contributed by atoms with van der Waals surface area (Å²) in [6, 6.07) is 17.1. The second-order valence-electron chi connectivity index (χ2n) is 7.69. The summed E-state index contributed by atoms with van der Waals surface area (Å²) in [5.41, 5.74) is 2.36. The average Bonchev–Trinajstić information content (AvgIpc) is 2.88. The van der Waals surface area contributed by atoms with Gasteiger partial charge in [0.15, 0.2) is 18.1 Å². The van der Waals surface area contributed by atoms with Crippen LogP contribution < -0.4 is 24.8 Å². The number of aryl methyl sites for hydroxylation is 1. The summed E-state index contributed by atoms with van der Waals surface area (Å²) in [7, 11) is 2.99. The van der Waals surface area contributed by atoms with Gasteiger partial charge in [-0.25, -0.2) is 0 Å². The molecule has 0 saturated carbocycles. The number of benzene rings is 3. The van der Waals surface area contributed by atoms with E-state index >= 15 is 0 Å². The monoisotopic (exact) mass is 583 g/mol. The van der Waals surface area contributed by atoms with E-state index in [9.17, 15) is 14.9 Å². The van der Waals surface area contributed by atoms with Crippen LogP contribution in [0.3, 0.4) is 0 Å². The highest BCUT2D eigenvalue weighted by atomic mass is 79.9. The molecule has 0 fully saturated rings. The van der Waals surface area contributed by atoms with Crippen molar-refractivity contribution in [3.63, 3.8) is 0 Å². The number of halogens is 2. The second kappa shape index (κ2) is 12.8. The van der Waals surface area contributed by atoms with Crippen LogP contribution in [0.4, 0.5) is 11.4 Å². The molecule has 10 heteroatoms. The Balaban J connectivity index is 1.72. The Kier molecular flexibility index (Phi) is 9.55. The van der Waals surface area contributed by atoms with Gasteiger partial charge in [0.2, 0.25) is 0 Å². The highest BCUT2D eigenvalue weighted by Crippen LogP contribution is 2.37. The Morgan fingerprint density at radius 2 is 1.73 bits per heavy atom. The van der Waals surface area contributed by atoms with Gasteiger partial charge in [0.05, 0.1) is 18.7 Å². The molecule has 0 radical (unpaired) electrons. The fourth-order valence-electron chi connectivity index (χ4n) is 3.16. The number of carbonyl (C=O) groups is 2. The van der Waals surface area contributed by atoms with Crippen LogP contribution in [0.5, 0.6) is 17.2 Å². The molecule has 0 bridgehead atoms. The lowest BCUT2D eigenvalue weighted by Crippen LogP contribution is -2.20. The lowest BCUT2D eigenvalue weighted by molar-refractivity contribution is -0.118. The van der Waals surface area contributed by atoms with Crippen molar-refractivity contribution >= 4 is 56.8 Å². The minimum atomic E-state index is -0.573. The second-order valence-corrected chi connectivity index (χ2v) is 8.95. The molecular formula is C27H23BrClN3O5. The summed E-state index contributed by atoms with van der Waals surface area (Å²) in [6.07, 6.45) is 1.42. The number of methoxy groups -OCH3 is 2. The summed E-state index contributed by atoms with van der Waals surface area (Å²) in [5, 5.41) is 15.5. The summed E-state index contributed by atoms with van der Waals surface area (Å²) in [5.74, 6) is 0.277. The topological polar surface area (TPSA) is 110 Å². The predicted octanol–water partition coefficient (Wildman–Crippen LogP) is 5.99. The highest BCUT2D eigenvalue weighted by molar-refractivity contribution is 9.10. The summed E-state index contributed by atoms with van der Waals surface area (Å²) >= 11 is 9.51. The number of hydrogen-bond acceptors (Lipinski definition) is 6. The first-order chi connectivity index (χ1) is 17.7. The van der Waals surface area contributed by atoms with E-state index in [1.54, 1.807) is 61.7 Å². The molecule has 2 amide bonds. The molecule has 0 aliphatic carbocycles. The quantitative estimate of drug-likeness (QED) is 0.236. The van der Waals surface area contributed by atoms with Gasteiger partial charge in [0, 0.05) is 16.4 Å². The lowest BCUT2D eigenvalue weighted by atomic mass is 10.1. The Morgan fingerprint density at radius 3 is 2.35 bits per heavy atom. The molecule has 0 saturated heterocycles. The zero-order chi connectivity index (χ0) is 26.9. The Hall–Kier alpha value is -4.00. The largest absolute Gasteiger partial charge is 0.497 e. The van der Waals surface area contributed by atoms with E-state index in [0.29, 0.717) is 37.9 Å². The third-order valence-electron chi connectivity index (χ3n) is 5.08. The number of nitriles is 1. The molecule has 0 heterocycles. The van der Waals surface area contributed by atoms with Gasteiger partial charge in [0.1, 0.15) is 17.4 Å². The van der Waals surface area contributed by atoms with Crippen LogP contribution in [-0.2, 0) is 9.59 Å². The zero-order valence-corrected chi connectivity index (χ0v) is 22.6. The van der Waals surface area contributed by atoms with Crippen molar-refractivity contribution in [1.29, 1.82) is 5.26 Å². The summed E-state index contributed by atoms with van der Waals surface area (Å²) in [6.45, 7) is 1.58. The van der Waals surface area contributed by atoms with Crippen LogP contribution in [0, 0.1) is 18.3 Å². The minimum Gasteiger partial charge on any atom is -0.497 e. The van der Waals surface area contributed by atoms with E-state index in [1.165, 1.54) is 13.2 Å². The Bertz CT molecular complexity index is 1380. The number of nitrogens with one attached hydrogen (secondary N) is 2. The van der Waals surface area contributed by atoms with Gasteiger partial charge in [-0.2, -0.15) is 5.26 Å². The number of rotatable bonds is 9. The van der Waals surface area contributed by atoms with Crippen LogP contribution in [0.1, 0.15) is 11.1 Å². The van der Waals surface area contributed by atoms with Crippen LogP contribution in [-0.4, -0.2) is 32.6 Å². The molecule has 3 rings (SSSR count). The molecular weight excluding hydrogens is 562 g/mol. The molecule has 3 aromatic rings. The number of anilines is 2. The molecule has 0 atom stereocenters. The smallest absolute Gasteiger partial charge is 0.266 e. The average molecular weight is 585 g/mol. The first kappa shape index (κ1) is 27.6. The van der Waals surface area contributed by atoms with E-state index in [0.717, 1.165) is 5.56 Å². The van der Waals surface area contributed by atoms with Crippen molar-refractivity contribution in [3.8, 4) is 23.3 Å². The maximum Gasteiger partial charge on any atom is 0.266 e. The van der Waals surface area contributed by atoms with E-state index in [-0.39, 0.29) is 23.8 Å². The van der Waals surface area contributed by atoms with Gasteiger partial charge in [-0.1, -0.05) is 17.7 Å². The van der Waals surface area contributed by atoms with Crippen molar-refractivity contribution in [1.82, 2.24) is 0 Å². The van der Waals surface area contributed by atoms with E-state index in [1.807, 2.05) is 13.0 Å². The third kappa shape index (κ3) is 7.49. The number of nitrogens with zero attached hydrogens (tertiary/aromatic N) is 1. The summed E-state index contributed by atoms with van der Waals surface area (Å²) in [4.78, 5) is 25.0. The normalized spacial score (nSPS) is 10.8. The molecule has 0 aliphatic rings. The van der Waals surface area contributed by atoms with Gasteiger partial charge < -0.3 is 24.8 Å². The fourth-order valence-corrected chi connectivity index (χ4v) is 3.91. The lowest BCUT2D eigenvalue weighted by Gasteiger charge is -2.14. The van der Waals surface area contributed by atoms with Crippen molar-refractivity contribution in [2.45, 2.75) is 6.92 Å². The molecule has 190 valence electrons. The van der Waals surface area contributed by atoms with Gasteiger partial charge in [0.25, 0.3) is 11.8 Å². The van der Waals surface area contributed by atoms with Crippen molar-refractivity contribution < 1.29 is 23.8 Å². The van der Waals surface area contributed by atoms with Crippen molar-refractivity contribution in [2.24, 2.45) is 0 Å². The molecule has 0 aliphatic heterocycles. The van der Waals surface area contributed by atoms with E-state index in [4.69, 9.17) is 25.8 Å². The molecule has 3 aromatic carbocycles. The van der Waals surface area contributed by atoms with Gasteiger partial charge in [-0.05, 0) is 88.6 Å².